The summed E-state index contributed by atoms with van der Waals surface area (Å²) < 4.78 is 4.93. The molecule has 3 heteroatoms. The van der Waals surface area contributed by atoms with Gasteiger partial charge in [0.15, 0.2) is 0 Å². The topological polar surface area (TPSA) is 38.3 Å². The van der Waals surface area contributed by atoms with Crippen molar-refractivity contribution in [2.24, 2.45) is 11.3 Å². The van der Waals surface area contributed by atoms with E-state index in [4.69, 9.17) is 4.74 Å². The lowest BCUT2D eigenvalue weighted by Crippen LogP contribution is -2.46. The van der Waals surface area contributed by atoms with Gasteiger partial charge in [-0.1, -0.05) is 0 Å². The highest BCUT2D eigenvalue weighted by Gasteiger charge is 2.62. The van der Waals surface area contributed by atoms with Gasteiger partial charge >= 0.3 is 5.97 Å². The molecular formula is C8H13NO2. The average Bonchev–Trinajstić information content (AvgIpc) is 2.60. The van der Waals surface area contributed by atoms with E-state index in [2.05, 4.69) is 5.32 Å². The largest absolute Gasteiger partial charge is 0.466 e. The minimum Gasteiger partial charge on any atom is -0.466 e. The Kier molecular flexibility index (Phi) is 1.42. The highest BCUT2D eigenvalue weighted by atomic mass is 16.5. The zero-order chi connectivity index (χ0) is 7.90. The quantitative estimate of drug-likeness (QED) is 0.577. The molecule has 3 nitrogen and oxygen atoms in total. The Bertz CT molecular complexity index is 187. The number of carbonyl (C=O) groups is 1. The average molecular weight is 155 g/mol. The van der Waals surface area contributed by atoms with Crippen LogP contribution >= 0.6 is 0 Å². The summed E-state index contributed by atoms with van der Waals surface area (Å²) in [7, 11) is 0. The molecule has 11 heavy (non-hydrogen) atoms. The van der Waals surface area contributed by atoms with E-state index in [1.54, 1.807) is 0 Å². The van der Waals surface area contributed by atoms with Gasteiger partial charge in [-0.3, -0.25) is 4.79 Å². The first-order valence-corrected chi connectivity index (χ1v) is 4.16. The fraction of sp³-hybridized carbons (Fsp3) is 0.875. The molecule has 62 valence electrons. The maximum atomic E-state index is 11.2. The molecule has 2 aliphatic rings. The summed E-state index contributed by atoms with van der Waals surface area (Å²) in [6, 6.07) is 0. The molecule has 1 saturated heterocycles. The molecule has 1 aliphatic carbocycles. The van der Waals surface area contributed by atoms with E-state index in [0.717, 1.165) is 19.5 Å². The third-order valence-corrected chi connectivity index (χ3v) is 2.71. The number of esters is 1. The number of nitrogens with one attached hydrogen (secondary N) is 1. The lowest BCUT2D eigenvalue weighted by atomic mass is 9.97. The van der Waals surface area contributed by atoms with Gasteiger partial charge in [-0.15, -0.1) is 0 Å². The van der Waals surface area contributed by atoms with Crippen molar-refractivity contribution in [1.82, 2.24) is 5.32 Å². The second-order valence-electron chi connectivity index (χ2n) is 3.47. The van der Waals surface area contributed by atoms with E-state index in [0.29, 0.717) is 12.0 Å². The van der Waals surface area contributed by atoms with Gasteiger partial charge in [0.05, 0.1) is 12.5 Å². The monoisotopic (exact) mass is 155 g/mol. The number of ether oxygens (including phenoxy) is 1. The minimum absolute atomic E-state index is 0.00833. The second-order valence-corrected chi connectivity index (χ2v) is 3.47. The summed E-state index contributed by atoms with van der Waals surface area (Å²) in [6.07, 6.45) is 1.04. The van der Waals surface area contributed by atoms with Crippen LogP contribution in [0.2, 0.25) is 0 Å². The molecule has 1 saturated carbocycles. The standard InChI is InChI=1S/C8H13NO2/c1-2-11-7(10)6-3-8(6)4-9-5-8/h6,9H,2-5H2,1H3/t6-/m0/s1. The zero-order valence-electron chi connectivity index (χ0n) is 6.72. The number of hydrogen-bond donors (Lipinski definition) is 1. The van der Waals surface area contributed by atoms with Crippen molar-refractivity contribution in [3.05, 3.63) is 0 Å². The second kappa shape index (κ2) is 2.21. The van der Waals surface area contributed by atoms with Crippen LogP contribution in [0.4, 0.5) is 0 Å². The van der Waals surface area contributed by atoms with Crippen molar-refractivity contribution in [3.8, 4) is 0 Å². The van der Waals surface area contributed by atoms with E-state index in [-0.39, 0.29) is 11.9 Å². The third kappa shape index (κ3) is 0.948. The molecule has 0 unspecified atom stereocenters. The summed E-state index contributed by atoms with van der Waals surface area (Å²) >= 11 is 0. The lowest BCUT2D eigenvalue weighted by Gasteiger charge is -2.27. The van der Waals surface area contributed by atoms with Crippen molar-refractivity contribution >= 4 is 5.97 Å². The van der Waals surface area contributed by atoms with E-state index >= 15 is 0 Å². The van der Waals surface area contributed by atoms with Crippen LogP contribution < -0.4 is 5.32 Å². The van der Waals surface area contributed by atoms with E-state index in [9.17, 15) is 4.79 Å². The fourth-order valence-electron chi connectivity index (χ4n) is 1.76. The lowest BCUT2D eigenvalue weighted by molar-refractivity contribution is -0.146. The fourth-order valence-corrected chi connectivity index (χ4v) is 1.76. The van der Waals surface area contributed by atoms with Crippen LogP contribution in [0, 0.1) is 11.3 Å². The van der Waals surface area contributed by atoms with E-state index in [1.165, 1.54) is 0 Å². The van der Waals surface area contributed by atoms with Crippen LogP contribution in [-0.4, -0.2) is 25.7 Å². The van der Waals surface area contributed by atoms with Gasteiger partial charge in [0.25, 0.3) is 0 Å². The van der Waals surface area contributed by atoms with Gasteiger partial charge in [-0.25, -0.2) is 0 Å². The number of hydrogen-bond acceptors (Lipinski definition) is 3. The van der Waals surface area contributed by atoms with Crippen LogP contribution in [0.5, 0.6) is 0 Å². The van der Waals surface area contributed by atoms with E-state index in [1.807, 2.05) is 6.92 Å². The van der Waals surface area contributed by atoms with Crippen molar-refractivity contribution in [2.75, 3.05) is 19.7 Å². The first-order valence-electron chi connectivity index (χ1n) is 4.16. The van der Waals surface area contributed by atoms with Crippen molar-refractivity contribution in [1.29, 1.82) is 0 Å². The van der Waals surface area contributed by atoms with Crippen molar-refractivity contribution < 1.29 is 9.53 Å². The number of carbonyl (C=O) groups excluding carboxylic acids is 1. The maximum Gasteiger partial charge on any atom is 0.309 e. The molecule has 0 aromatic rings. The molecule has 0 radical (unpaired) electrons. The summed E-state index contributed by atoms with van der Waals surface area (Å²) in [6.45, 7) is 4.39. The Morgan fingerprint density at radius 2 is 2.45 bits per heavy atom. The molecule has 0 amide bonds. The predicted octanol–water partition coefficient (Wildman–Crippen LogP) is 0.159. The van der Waals surface area contributed by atoms with Crippen LogP contribution in [0.1, 0.15) is 13.3 Å². The first-order chi connectivity index (χ1) is 5.28. The smallest absolute Gasteiger partial charge is 0.309 e. The van der Waals surface area contributed by atoms with Crippen LogP contribution in [0.15, 0.2) is 0 Å². The summed E-state index contributed by atoms with van der Waals surface area (Å²) in [5, 5.41) is 3.18. The van der Waals surface area contributed by atoms with E-state index < -0.39 is 0 Å². The van der Waals surface area contributed by atoms with Crippen LogP contribution in [-0.2, 0) is 9.53 Å². The van der Waals surface area contributed by atoms with Gasteiger partial charge < -0.3 is 10.1 Å². The van der Waals surface area contributed by atoms with Crippen molar-refractivity contribution in [3.63, 3.8) is 0 Å². The van der Waals surface area contributed by atoms with Crippen LogP contribution in [0.3, 0.4) is 0 Å². The Labute approximate surface area is 66.1 Å². The molecule has 1 aliphatic heterocycles. The molecule has 0 aromatic carbocycles. The molecule has 0 aromatic heterocycles. The Hall–Kier alpha value is -0.570. The first kappa shape index (κ1) is 7.10. The Morgan fingerprint density at radius 3 is 2.82 bits per heavy atom. The van der Waals surface area contributed by atoms with Gasteiger partial charge in [-0.2, -0.15) is 0 Å². The molecule has 2 fully saturated rings. The summed E-state index contributed by atoms with van der Waals surface area (Å²) in [5.41, 5.74) is 0.326. The Morgan fingerprint density at radius 1 is 1.73 bits per heavy atom. The number of rotatable bonds is 2. The van der Waals surface area contributed by atoms with Gasteiger partial charge in [0.1, 0.15) is 0 Å². The molecular weight excluding hydrogens is 142 g/mol. The van der Waals surface area contributed by atoms with Gasteiger partial charge in [0, 0.05) is 18.5 Å². The van der Waals surface area contributed by atoms with Crippen LogP contribution in [0.25, 0.3) is 0 Å². The zero-order valence-corrected chi connectivity index (χ0v) is 6.72. The normalized spacial score (nSPS) is 31.2. The third-order valence-electron chi connectivity index (χ3n) is 2.71. The molecule has 1 N–H and O–H groups in total. The highest BCUT2D eigenvalue weighted by Crippen LogP contribution is 2.55. The van der Waals surface area contributed by atoms with Crippen molar-refractivity contribution in [2.45, 2.75) is 13.3 Å². The molecule has 1 spiro atoms. The maximum absolute atomic E-state index is 11.2. The Balaban J connectivity index is 1.85. The van der Waals surface area contributed by atoms with Gasteiger partial charge in [-0.05, 0) is 13.3 Å². The summed E-state index contributed by atoms with van der Waals surface area (Å²) in [5.74, 6) is 0.220. The molecule has 0 bridgehead atoms. The SMILES string of the molecule is CCOC(=O)[C@@H]1CC12CNC2. The minimum atomic E-state index is 0.00833. The molecule has 1 heterocycles. The molecule has 2 rings (SSSR count). The summed E-state index contributed by atoms with van der Waals surface area (Å²) in [4.78, 5) is 11.2. The van der Waals surface area contributed by atoms with Gasteiger partial charge in [0.2, 0.25) is 0 Å². The highest BCUT2D eigenvalue weighted by molar-refractivity contribution is 5.77. The predicted molar refractivity (Wildman–Crippen MR) is 40.0 cm³/mol. The molecule has 1 atom stereocenters.